The second-order valence-corrected chi connectivity index (χ2v) is 9.76. The van der Waals surface area contributed by atoms with Crippen molar-refractivity contribution < 1.29 is 13.2 Å². The molecule has 1 fully saturated rings. The molecule has 2 aromatic heterocycles. The molecule has 0 radical (unpaired) electrons. The Bertz CT molecular complexity index is 1200. The van der Waals surface area contributed by atoms with Crippen LogP contribution < -0.4 is 10.0 Å². The number of sulfonamides is 1. The maximum atomic E-state index is 12.8. The summed E-state index contributed by atoms with van der Waals surface area (Å²) in [5, 5.41) is 7.95. The van der Waals surface area contributed by atoms with E-state index < -0.39 is 10.0 Å². The predicted octanol–water partition coefficient (Wildman–Crippen LogP) is 3.26. The lowest BCUT2D eigenvalue weighted by Crippen LogP contribution is -2.25. The summed E-state index contributed by atoms with van der Waals surface area (Å²) in [5.41, 5.74) is 2.31. The standard InChI is InChI=1S/C21H25N5O3S/c1-13(2)26-20-16(12-22-26)10-19(14(3)24-20)21(27)25-17-6-8-18(9-7-17)30(28,29)23-11-15-4-5-15/h6-10,12-13,15,23H,4-5,11H2,1-3H3,(H,25,27). The van der Waals surface area contributed by atoms with E-state index in [-0.39, 0.29) is 16.8 Å². The third-order valence-electron chi connectivity index (χ3n) is 5.17. The largest absolute Gasteiger partial charge is 0.322 e. The van der Waals surface area contributed by atoms with Crippen LogP contribution in [0.2, 0.25) is 0 Å². The van der Waals surface area contributed by atoms with Crippen molar-refractivity contribution >= 4 is 32.7 Å². The summed E-state index contributed by atoms with van der Waals surface area (Å²) in [4.78, 5) is 17.5. The Balaban J connectivity index is 1.50. The lowest BCUT2D eigenvalue weighted by Gasteiger charge is -2.11. The van der Waals surface area contributed by atoms with Gasteiger partial charge >= 0.3 is 0 Å². The van der Waals surface area contributed by atoms with Crippen molar-refractivity contribution in [2.24, 2.45) is 5.92 Å². The Hall–Kier alpha value is -2.78. The zero-order chi connectivity index (χ0) is 21.5. The zero-order valence-electron chi connectivity index (χ0n) is 17.2. The van der Waals surface area contributed by atoms with E-state index in [4.69, 9.17) is 0 Å². The van der Waals surface area contributed by atoms with Crippen LogP contribution in [0, 0.1) is 12.8 Å². The zero-order valence-corrected chi connectivity index (χ0v) is 18.0. The molecule has 3 aromatic rings. The quantitative estimate of drug-likeness (QED) is 0.602. The summed E-state index contributed by atoms with van der Waals surface area (Å²) in [6.07, 6.45) is 3.85. The van der Waals surface area contributed by atoms with Gasteiger partial charge in [0.05, 0.1) is 22.3 Å². The Kier molecular flexibility index (Phi) is 5.33. The van der Waals surface area contributed by atoms with Gasteiger partial charge in [0.2, 0.25) is 10.0 Å². The predicted molar refractivity (Wildman–Crippen MR) is 115 cm³/mol. The third-order valence-corrected chi connectivity index (χ3v) is 6.61. The minimum absolute atomic E-state index is 0.169. The molecule has 0 spiro atoms. The average Bonchev–Trinajstić information content (AvgIpc) is 3.44. The number of hydrogen-bond acceptors (Lipinski definition) is 5. The molecule has 0 saturated heterocycles. The molecule has 1 aliphatic rings. The first-order chi connectivity index (χ1) is 14.2. The molecule has 0 unspecified atom stereocenters. The molecule has 2 N–H and O–H groups in total. The van der Waals surface area contributed by atoms with Crippen molar-refractivity contribution in [2.75, 3.05) is 11.9 Å². The molecular formula is C21H25N5O3S. The number of aryl methyl sites for hydroxylation is 1. The first-order valence-corrected chi connectivity index (χ1v) is 11.5. The molecule has 9 heteroatoms. The SMILES string of the molecule is Cc1nc2c(cnn2C(C)C)cc1C(=O)Nc1ccc(S(=O)(=O)NCC2CC2)cc1. The maximum Gasteiger partial charge on any atom is 0.257 e. The van der Waals surface area contributed by atoms with E-state index in [1.165, 1.54) is 12.1 Å². The normalized spacial score (nSPS) is 14.4. The summed E-state index contributed by atoms with van der Waals surface area (Å²) in [6, 6.07) is 8.10. The molecule has 2 heterocycles. The number of nitrogens with one attached hydrogen (secondary N) is 2. The van der Waals surface area contributed by atoms with E-state index in [0.29, 0.717) is 29.4 Å². The molecule has 4 rings (SSSR count). The van der Waals surface area contributed by atoms with Crippen LogP contribution in [0.25, 0.3) is 11.0 Å². The fourth-order valence-corrected chi connectivity index (χ4v) is 4.34. The molecule has 1 aromatic carbocycles. The number of amides is 1. The number of pyridine rings is 1. The van der Waals surface area contributed by atoms with Gasteiger partial charge in [-0.3, -0.25) is 4.79 Å². The number of hydrogen-bond donors (Lipinski definition) is 2. The minimum Gasteiger partial charge on any atom is -0.322 e. The highest BCUT2D eigenvalue weighted by atomic mass is 32.2. The van der Waals surface area contributed by atoms with Gasteiger partial charge in [0.1, 0.15) is 0 Å². The molecular weight excluding hydrogens is 402 g/mol. The summed E-state index contributed by atoms with van der Waals surface area (Å²) < 4.78 is 29.1. The van der Waals surface area contributed by atoms with Crippen LogP contribution in [0.4, 0.5) is 5.69 Å². The molecule has 1 saturated carbocycles. The molecule has 0 atom stereocenters. The van der Waals surface area contributed by atoms with E-state index in [0.717, 1.165) is 23.9 Å². The van der Waals surface area contributed by atoms with Crippen LogP contribution in [-0.4, -0.2) is 35.6 Å². The average molecular weight is 428 g/mol. The van der Waals surface area contributed by atoms with Crippen molar-refractivity contribution in [3.05, 3.63) is 47.8 Å². The summed E-state index contributed by atoms with van der Waals surface area (Å²) in [5.74, 6) is 0.154. The second kappa shape index (κ2) is 7.81. The van der Waals surface area contributed by atoms with E-state index in [2.05, 4.69) is 20.1 Å². The Morgan fingerprint density at radius 3 is 2.57 bits per heavy atom. The van der Waals surface area contributed by atoms with Gasteiger partial charge in [-0.25, -0.2) is 22.8 Å². The topological polar surface area (TPSA) is 106 Å². The van der Waals surface area contributed by atoms with E-state index >= 15 is 0 Å². The van der Waals surface area contributed by atoms with Crippen LogP contribution in [0.5, 0.6) is 0 Å². The molecule has 8 nitrogen and oxygen atoms in total. The number of carbonyl (C=O) groups excluding carboxylic acids is 1. The first-order valence-electron chi connectivity index (χ1n) is 10.0. The van der Waals surface area contributed by atoms with Gasteiger partial charge in [0.25, 0.3) is 5.91 Å². The summed E-state index contributed by atoms with van der Waals surface area (Å²) in [7, 11) is -3.53. The number of fused-ring (bicyclic) bond motifs is 1. The molecule has 0 aliphatic heterocycles. The van der Waals surface area contributed by atoms with Gasteiger partial charge in [0.15, 0.2) is 5.65 Å². The van der Waals surface area contributed by atoms with Crippen LogP contribution in [0.1, 0.15) is 48.8 Å². The number of carbonyl (C=O) groups is 1. The highest BCUT2D eigenvalue weighted by molar-refractivity contribution is 7.89. The molecule has 158 valence electrons. The highest BCUT2D eigenvalue weighted by Crippen LogP contribution is 2.28. The fourth-order valence-electron chi connectivity index (χ4n) is 3.22. The first kappa shape index (κ1) is 20.5. The Labute approximate surface area is 175 Å². The third kappa shape index (κ3) is 4.22. The van der Waals surface area contributed by atoms with E-state index in [1.54, 1.807) is 31.3 Å². The number of nitrogens with zero attached hydrogens (tertiary/aromatic N) is 3. The van der Waals surface area contributed by atoms with Crippen molar-refractivity contribution in [2.45, 2.75) is 44.6 Å². The van der Waals surface area contributed by atoms with Gasteiger partial charge in [-0.1, -0.05) is 0 Å². The van der Waals surface area contributed by atoms with Crippen LogP contribution in [-0.2, 0) is 10.0 Å². The fraction of sp³-hybridized carbons (Fsp3) is 0.381. The molecule has 1 aliphatic carbocycles. The van der Waals surface area contributed by atoms with Gasteiger partial charge in [0, 0.05) is 23.7 Å². The molecule has 1 amide bonds. The van der Waals surface area contributed by atoms with E-state index in [1.807, 2.05) is 18.5 Å². The highest BCUT2D eigenvalue weighted by Gasteiger charge is 2.24. The monoisotopic (exact) mass is 427 g/mol. The number of benzene rings is 1. The van der Waals surface area contributed by atoms with Crippen molar-refractivity contribution in [1.29, 1.82) is 0 Å². The van der Waals surface area contributed by atoms with Gasteiger partial charge in [-0.15, -0.1) is 0 Å². The van der Waals surface area contributed by atoms with Crippen LogP contribution in [0.15, 0.2) is 41.4 Å². The lowest BCUT2D eigenvalue weighted by molar-refractivity contribution is 0.102. The number of rotatable bonds is 7. The molecule has 0 bridgehead atoms. The second-order valence-electron chi connectivity index (χ2n) is 7.99. The van der Waals surface area contributed by atoms with Gasteiger partial charge in [-0.05, 0) is 69.9 Å². The van der Waals surface area contributed by atoms with Crippen LogP contribution in [0.3, 0.4) is 0 Å². The number of aromatic nitrogens is 3. The van der Waals surface area contributed by atoms with Gasteiger partial charge in [-0.2, -0.15) is 5.10 Å². The Morgan fingerprint density at radius 2 is 1.93 bits per heavy atom. The maximum absolute atomic E-state index is 12.8. The Morgan fingerprint density at radius 1 is 1.23 bits per heavy atom. The molecule has 30 heavy (non-hydrogen) atoms. The lowest BCUT2D eigenvalue weighted by atomic mass is 10.1. The number of anilines is 1. The smallest absolute Gasteiger partial charge is 0.257 e. The van der Waals surface area contributed by atoms with E-state index in [9.17, 15) is 13.2 Å². The summed E-state index contributed by atoms with van der Waals surface area (Å²) >= 11 is 0. The minimum atomic E-state index is -3.53. The summed E-state index contributed by atoms with van der Waals surface area (Å²) in [6.45, 7) is 6.31. The van der Waals surface area contributed by atoms with Gasteiger partial charge < -0.3 is 5.32 Å². The van der Waals surface area contributed by atoms with Crippen molar-refractivity contribution in [3.8, 4) is 0 Å². The van der Waals surface area contributed by atoms with Crippen LogP contribution >= 0.6 is 0 Å². The van der Waals surface area contributed by atoms with Crippen molar-refractivity contribution in [1.82, 2.24) is 19.5 Å². The van der Waals surface area contributed by atoms with Crippen molar-refractivity contribution in [3.63, 3.8) is 0 Å².